The third-order valence-corrected chi connectivity index (χ3v) is 3.49. The standard InChI is InChI=1S/C19H26N4O4/c1-4-20-19(22-13-18(24)21-12-15-7-6-10-27-15)23-14-8-9-16(26-5-2)17(11-14)25-3/h6-11H,4-5,12-13H2,1-3H3,(H,21,24)(H2,20,22,23). The summed E-state index contributed by atoms with van der Waals surface area (Å²) in [6.45, 7) is 5.41. The number of nitrogens with zero attached hydrogens (tertiary/aromatic N) is 1. The molecule has 3 N–H and O–H groups in total. The molecule has 0 aliphatic carbocycles. The number of furan rings is 1. The first-order chi connectivity index (χ1) is 13.2. The number of amides is 1. The van der Waals surface area contributed by atoms with Crippen molar-refractivity contribution >= 4 is 17.6 Å². The van der Waals surface area contributed by atoms with Crippen LogP contribution in [0.25, 0.3) is 0 Å². The molecule has 0 bridgehead atoms. The van der Waals surface area contributed by atoms with Gasteiger partial charge in [-0.25, -0.2) is 4.99 Å². The van der Waals surface area contributed by atoms with E-state index in [4.69, 9.17) is 13.9 Å². The van der Waals surface area contributed by atoms with Crippen LogP contribution in [0.5, 0.6) is 11.5 Å². The molecule has 8 heteroatoms. The third-order valence-electron chi connectivity index (χ3n) is 3.49. The maximum absolute atomic E-state index is 12.0. The average molecular weight is 374 g/mol. The molecule has 0 aliphatic heterocycles. The number of carbonyl (C=O) groups excluding carboxylic acids is 1. The van der Waals surface area contributed by atoms with E-state index in [2.05, 4.69) is 20.9 Å². The van der Waals surface area contributed by atoms with E-state index in [1.807, 2.05) is 32.0 Å². The van der Waals surface area contributed by atoms with Crippen LogP contribution in [0, 0.1) is 0 Å². The van der Waals surface area contributed by atoms with Gasteiger partial charge in [-0.05, 0) is 38.1 Å². The van der Waals surface area contributed by atoms with Crippen LogP contribution in [0.3, 0.4) is 0 Å². The number of carbonyl (C=O) groups is 1. The van der Waals surface area contributed by atoms with E-state index < -0.39 is 0 Å². The lowest BCUT2D eigenvalue weighted by Gasteiger charge is -2.14. The number of nitrogens with one attached hydrogen (secondary N) is 3. The number of methoxy groups -OCH3 is 1. The first-order valence-corrected chi connectivity index (χ1v) is 8.81. The quantitative estimate of drug-likeness (QED) is 0.461. The summed E-state index contributed by atoms with van der Waals surface area (Å²) in [4.78, 5) is 16.3. The molecule has 146 valence electrons. The summed E-state index contributed by atoms with van der Waals surface area (Å²) in [5.74, 6) is 2.28. The lowest BCUT2D eigenvalue weighted by molar-refractivity contribution is -0.119. The Kier molecular flexibility index (Phi) is 8.02. The van der Waals surface area contributed by atoms with Crippen LogP contribution in [0.4, 0.5) is 5.69 Å². The fourth-order valence-corrected chi connectivity index (χ4v) is 2.27. The highest BCUT2D eigenvalue weighted by Gasteiger charge is 2.08. The summed E-state index contributed by atoms with van der Waals surface area (Å²) in [6, 6.07) is 9.07. The summed E-state index contributed by atoms with van der Waals surface area (Å²) in [6.07, 6.45) is 1.57. The highest BCUT2D eigenvalue weighted by molar-refractivity contribution is 5.95. The molecule has 0 unspecified atom stereocenters. The number of aliphatic imine (C=N–C) groups is 1. The molecule has 1 aromatic carbocycles. The van der Waals surface area contributed by atoms with Crippen molar-refractivity contribution in [2.24, 2.45) is 4.99 Å². The van der Waals surface area contributed by atoms with Crippen molar-refractivity contribution in [3.8, 4) is 11.5 Å². The molecule has 1 heterocycles. The maximum atomic E-state index is 12.0. The Morgan fingerprint density at radius 1 is 1.19 bits per heavy atom. The number of anilines is 1. The molecule has 0 radical (unpaired) electrons. The summed E-state index contributed by atoms with van der Waals surface area (Å²) >= 11 is 0. The number of ether oxygens (including phenoxy) is 2. The highest BCUT2D eigenvalue weighted by atomic mass is 16.5. The number of benzene rings is 1. The second-order valence-electron chi connectivity index (χ2n) is 5.47. The molecule has 8 nitrogen and oxygen atoms in total. The van der Waals surface area contributed by atoms with Crippen molar-refractivity contribution in [3.05, 3.63) is 42.4 Å². The lowest BCUT2D eigenvalue weighted by atomic mass is 10.2. The molecule has 0 saturated heterocycles. The van der Waals surface area contributed by atoms with E-state index >= 15 is 0 Å². The molecule has 0 fully saturated rings. The van der Waals surface area contributed by atoms with Crippen LogP contribution < -0.4 is 25.4 Å². The van der Waals surface area contributed by atoms with Crippen LogP contribution in [-0.4, -0.2) is 38.7 Å². The summed E-state index contributed by atoms with van der Waals surface area (Å²) in [5, 5.41) is 9.01. The Bertz CT molecular complexity index is 744. The Morgan fingerprint density at radius 3 is 2.70 bits per heavy atom. The monoisotopic (exact) mass is 374 g/mol. The Morgan fingerprint density at radius 2 is 2.04 bits per heavy atom. The Hall–Kier alpha value is -3.16. The Labute approximate surface area is 159 Å². The molecule has 2 aromatic rings. The largest absolute Gasteiger partial charge is 0.493 e. The number of guanidine groups is 1. The first-order valence-electron chi connectivity index (χ1n) is 8.81. The summed E-state index contributed by atoms with van der Waals surface area (Å²) < 4.78 is 16.0. The molecular weight excluding hydrogens is 348 g/mol. The van der Waals surface area contributed by atoms with Crippen LogP contribution in [0.1, 0.15) is 19.6 Å². The lowest BCUT2D eigenvalue weighted by Crippen LogP contribution is -2.33. The molecule has 0 aliphatic rings. The van der Waals surface area contributed by atoms with Gasteiger partial charge >= 0.3 is 0 Å². The summed E-state index contributed by atoms with van der Waals surface area (Å²) in [5.41, 5.74) is 0.769. The SMILES string of the molecule is CCNC(=NCC(=O)NCc1ccco1)Nc1ccc(OCC)c(OC)c1. The van der Waals surface area contributed by atoms with Crippen LogP contribution in [0.2, 0.25) is 0 Å². The fourth-order valence-electron chi connectivity index (χ4n) is 2.27. The van der Waals surface area contributed by atoms with Gasteiger partial charge in [0.2, 0.25) is 5.91 Å². The first kappa shape index (κ1) is 20.2. The van der Waals surface area contributed by atoms with Crippen molar-refractivity contribution < 1.29 is 18.7 Å². The normalized spacial score (nSPS) is 11.0. The molecule has 27 heavy (non-hydrogen) atoms. The smallest absolute Gasteiger partial charge is 0.242 e. The van der Waals surface area contributed by atoms with Gasteiger partial charge < -0.3 is 29.8 Å². The van der Waals surface area contributed by atoms with Crippen molar-refractivity contribution in [1.29, 1.82) is 0 Å². The van der Waals surface area contributed by atoms with Crippen molar-refractivity contribution in [2.45, 2.75) is 20.4 Å². The number of hydrogen-bond acceptors (Lipinski definition) is 5. The molecule has 0 atom stereocenters. The van der Waals surface area contributed by atoms with Crippen LogP contribution in [-0.2, 0) is 11.3 Å². The van der Waals surface area contributed by atoms with Gasteiger partial charge in [0.05, 0.1) is 26.5 Å². The van der Waals surface area contributed by atoms with Crippen LogP contribution in [0.15, 0.2) is 46.0 Å². The zero-order valence-corrected chi connectivity index (χ0v) is 15.9. The van der Waals surface area contributed by atoms with E-state index in [0.717, 1.165) is 5.69 Å². The van der Waals surface area contributed by atoms with Gasteiger partial charge in [0.25, 0.3) is 0 Å². The van der Waals surface area contributed by atoms with E-state index in [1.54, 1.807) is 25.5 Å². The molecule has 0 saturated carbocycles. The molecule has 1 aromatic heterocycles. The minimum Gasteiger partial charge on any atom is -0.493 e. The summed E-state index contributed by atoms with van der Waals surface area (Å²) in [7, 11) is 1.59. The van der Waals surface area contributed by atoms with E-state index in [9.17, 15) is 4.79 Å². The van der Waals surface area contributed by atoms with Crippen LogP contribution >= 0.6 is 0 Å². The van der Waals surface area contributed by atoms with Crippen molar-refractivity contribution in [3.63, 3.8) is 0 Å². The topological polar surface area (TPSA) is 97.1 Å². The zero-order chi connectivity index (χ0) is 19.5. The van der Waals surface area contributed by atoms with Crippen molar-refractivity contribution in [2.75, 3.05) is 32.1 Å². The highest BCUT2D eigenvalue weighted by Crippen LogP contribution is 2.30. The van der Waals surface area contributed by atoms with Crippen molar-refractivity contribution in [1.82, 2.24) is 10.6 Å². The Balaban J connectivity index is 1.97. The van der Waals surface area contributed by atoms with Gasteiger partial charge in [0.1, 0.15) is 12.3 Å². The van der Waals surface area contributed by atoms with Gasteiger partial charge in [0.15, 0.2) is 17.5 Å². The molecule has 2 rings (SSSR count). The predicted molar refractivity (Wildman–Crippen MR) is 104 cm³/mol. The van der Waals surface area contributed by atoms with Gasteiger partial charge in [-0.15, -0.1) is 0 Å². The van der Waals surface area contributed by atoms with E-state index in [-0.39, 0.29) is 12.5 Å². The van der Waals surface area contributed by atoms with Gasteiger partial charge in [0, 0.05) is 18.3 Å². The van der Waals surface area contributed by atoms with Gasteiger partial charge in [-0.3, -0.25) is 4.79 Å². The molecular formula is C19H26N4O4. The second-order valence-corrected chi connectivity index (χ2v) is 5.47. The van der Waals surface area contributed by atoms with E-state index in [1.165, 1.54) is 0 Å². The fraction of sp³-hybridized carbons (Fsp3) is 0.368. The zero-order valence-electron chi connectivity index (χ0n) is 15.9. The van der Waals surface area contributed by atoms with Gasteiger partial charge in [-0.2, -0.15) is 0 Å². The number of hydrogen-bond donors (Lipinski definition) is 3. The minimum absolute atomic E-state index is 0.00972. The van der Waals surface area contributed by atoms with Gasteiger partial charge in [-0.1, -0.05) is 0 Å². The third kappa shape index (κ3) is 6.58. The van der Waals surface area contributed by atoms with E-state index in [0.29, 0.717) is 42.9 Å². The maximum Gasteiger partial charge on any atom is 0.242 e. The average Bonchev–Trinajstić information content (AvgIpc) is 3.19. The predicted octanol–water partition coefficient (Wildman–Crippen LogP) is 2.38. The molecule has 1 amide bonds. The number of rotatable bonds is 9. The second kappa shape index (κ2) is 10.7. The minimum atomic E-state index is -0.201. The molecule has 0 spiro atoms.